The fourth-order valence-electron chi connectivity index (χ4n) is 2.86. The predicted octanol–water partition coefficient (Wildman–Crippen LogP) is 3.85. The van der Waals surface area contributed by atoms with Gasteiger partial charge in [-0.05, 0) is 35.7 Å². The Morgan fingerprint density at radius 2 is 1.44 bits per heavy atom. The van der Waals surface area contributed by atoms with Crippen molar-refractivity contribution in [3.05, 3.63) is 102 Å². The zero-order valence-corrected chi connectivity index (χ0v) is 15.2. The predicted molar refractivity (Wildman–Crippen MR) is 104 cm³/mol. The number of rotatable bonds is 7. The first-order chi connectivity index (χ1) is 13.1. The second-order valence-electron chi connectivity index (χ2n) is 6.24. The fraction of sp³-hybridized carbons (Fsp3) is 0.174. The van der Waals surface area contributed by atoms with Crippen molar-refractivity contribution in [2.75, 3.05) is 13.2 Å². The summed E-state index contributed by atoms with van der Waals surface area (Å²) in [6.45, 7) is 2.22. The minimum absolute atomic E-state index is 0.0365. The monoisotopic (exact) mass is 362 g/mol. The molecule has 0 atom stereocenters. The molecule has 138 valence electrons. The number of esters is 1. The van der Waals surface area contributed by atoms with Gasteiger partial charge in [0, 0.05) is 0 Å². The average Bonchev–Trinajstić information content (AvgIpc) is 2.72. The van der Waals surface area contributed by atoms with Gasteiger partial charge in [0.25, 0.3) is 0 Å². The zero-order chi connectivity index (χ0) is 19.1. The van der Waals surface area contributed by atoms with Gasteiger partial charge in [-0.3, -0.25) is 0 Å². The van der Waals surface area contributed by atoms with Crippen LogP contribution in [0, 0.1) is 6.92 Å². The fourth-order valence-corrected chi connectivity index (χ4v) is 2.86. The summed E-state index contributed by atoms with van der Waals surface area (Å²) >= 11 is 0. The van der Waals surface area contributed by atoms with Crippen molar-refractivity contribution in [3.8, 4) is 5.75 Å². The molecule has 0 fully saturated rings. The molecule has 0 radical (unpaired) electrons. The van der Waals surface area contributed by atoms with Gasteiger partial charge in [-0.15, -0.1) is 0 Å². The first kappa shape index (κ1) is 18.7. The molecule has 27 heavy (non-hydrogen) atoms. The molecule has 0 aliphatic carbocycles. The summed E-state index contributed by atoms with van der Waals surface area (Å²) in [5, 5.41) is 11.3. The van der Waals surface area contributed by atoms with Gasteiger partial charge >= 0.3 is 5.97 Å². The SMILES string of the molecule is Cc1cccc(OCCOC(=O)C(O)(c2ccccc2)c2ccccc2)c1. The Morgan fingerprint density at radius 3 is 2.00 bits per heavy atom. The largest absolute Gasteiger partial charge is 0.490 e. The normalized spacial score (nSPS) is 11.0. The number of carbonyl (C=O) groups excluding carboxylic acids is 1. The maximum absolute atomic E-state index is 12.8. The number of hydrogen-bond donors (Lipinski definition) is 1. The number of benzene rings is 3. The van der Waals surface area contributed by atoms with E-state index in [0.29, 0.717) is 16.9 Å². The van der Waals surface area contributed by atoms with E-state index in [1.807, 2.05) is 43.3 Å². The summed E-state index contributed by atoms with van der Waals surface area (Å²) in [6.07, 6.45) is 0. The summed E-state index contributed by atoms with van der Waals surface area (Å²) in [6, 6.07) is 25.2. The molecule has 0 bridgehead atoms. The van der Waals surface area contributed by atoms with Crippen molar-refractivity contribution in [3.63, 3.8) is 0 Å². The summed E-state index contributed by atoms with van der Waals surface area (Å²) in [5.74, 6) is -0.0137. The summed E-state index contributed by atoms with van der Waals surface area (Å²) in [5.41, 5.74) is 0.139. The lowest BCUT2D eigenvalue weighted by molar-refractivity contribution is -0.162. The van der Waals surface area contributed by atoms with E-state index in [0.717, 1.165) is 5.56 Å². The van der Waals surface area contributed by atoms with Crippen molar-refractivity contribution in [1.29, 1.82) is 0 Å². The summed E-state index contributed by atoms with van der Waals surface area (Å²) in [4.78, 5) is 12.8. The van der Waals surface area contributed by atoms with E-state index in [2.05, 4.69) is 0 Å². The Hall–Kier alpha value is -3.11. The molecular weight excluding hydrogens is 340 g/mol. The van der Waals surface area contributed by atoms with E-state index in [-0.39, 0.29) is 13.2 Å². The number of aliphatic hydroxyl groups is 1. The van der Waals surface area contributed by atoms with Crippen LogP contribution in [-0.4, -0.2) is 24.3 Å². The highest BCUT2D eigenvalue weighted by Crippen LogP contribution is 2.31. The van der Waals surface area contributed by atoms with Crippen molar-refractivity contribution >= 4 is 5.97 Å². The van der Waals surface area contributed by atoms with Crippen LogP contribution in [0.2, 0.25) is 0 Å². The lowest BCUT2D eigenvalue weighted by Crippen LogP contribution is -2.39. The van der Waals surface area contributed by atoms with E-state index in [4.69, 9.17) is 9.47 Å². The number of ether oxygens (including phenoxy) is 2. The van der Waals surface area contributed by atoms with Crippen LogP contribution in [0.5, 0.6) is 5.75 Å². The molecule has 3 aromatic carbocycles. The molecule has 3 rings (SSSR count). The van der Waals surface area contributed by atoms with Gasteiger partial charge in [0.2, 0.25) is 5.60 Å². The van der Waals surface area contributed by atoms with Gasteiger partial charge in [0.1, 0.15) is 19.0 Å². The van der Waals surface area contributed by atoms with Crippen molar-refractivity contribution < 1.29 is 19.4 Å². The Labute approximate surface area is 159 Å². The third-order valence-corrected chi connectivity index (χ3v) is 4.25. The highest BCUT2D eigenvalue weighted by atomic mass is 16.6. The third kappa shape index (κ3) is 4.36. The topological polar surface area (TPSA) is 55.8 Å². The van der Waals surface area contributed by atoms with E-state index < -0.39 is 11.6 Å². The molecule has 0 aliphatic rings. The molecule has 0 aliphatic heterocycles. The Kier molecular flexibility index (Phi) is 5.89. The van der Waals surface area contributed by atoms with Crippen molar-refractivity contribution in [2.45, 2.75) is 12.5 Å². The highest BCUT2D eigenvalue weighted by molar-refractivity contribution is 5.85. The van der Waals surface area contributed by atoms with Gasteiger partial charge in [0.05, 0.1) is 0 Å². The van der Waals surface area contributed by atoms with Crippen molar-refractivity contribution in [2.24, 2.45) is 0 Å². The minimum atomic E-state index is -1.87. The zero-order valence-electron chi connectivity index (χ0n) is 15.2. The molecule has 1 N–H and O–H groups in total. The van der Waals surface area contributed by atoms with Crippen LogP contribution in [0.4, 0.5) is 0 Å². The first-order valence-corrected chi connectivity index (χ1v) is 8.81. The van der Waals surface area contributed by atoms with Crippen LogP contribution in [0.25, 0.3) is 0 Å². The number of aryl methyl sites for hydroxylation is 1. The quantitative estimate of drug-likeness (QED) is 0.512. The maximum atomic E-state index is 12.8. The van der Waals surface area contributed by atoms with Gasteiger partial charge in [-0.25, -0.2) is 4.79 Å². The molecule has 0 heterocycles. The Bertz CT molecular complexity index is 836. The molecule has 0 spiro atoms. The molecule has 0 saturated carbocycles. The lowest BCUT2D eigenvalue weighted by atomic mass is 9.86. The average molecular weight is 362 g/mol. The van der Waals surface area contributed by atoms with Crippen molar-refractivity contribution in [1.82, 2.24) is 0 Å². The van der Waals surface area contributed by atoms with Crippen LogP contribution in [0.1, 0.15) is 16.7 Å². The first-order valence-electron chi connectivity index (χ1n) is 8.81. The van der Waals surface area contributed by atoms with Gasteiger partial charge < -0.3 is 14.6 Å². The maximum Gasteiger partial charge on any atom is 0.347 e. The van der Waals surface area contributed by atoms with E-state index >= 15 is 0 Å². The van der Waals surface area contributed by atoms with E-state index in [1.54, 1.807) is 48.5 Å². The van der Waals surface area contributed by atoms with Crippen LogP contribution in [-0.2, 0) is 15.1 Å². The van der Waals surface area contributed by atoms with Gasteiger partial charge in [0.15, 0.2) is 0 Å². The van der Waals surface area contributed by atoms with Gasteiger partial charge in [-0.2, -0.15) is 0 Å². The molecule has 0 aromatic heterocycles. The molecule has 4 nitrogen and oxygen atoms in total. The standard InChI is InChI=1S/C23H22O4/c1-18-9-8-14-21(17-18)26-15-16-27-22(24)23(25,19-10-4-2-5-11-19)20-12-6-3-7-13-20/h2-14,17,25H,15-16H2,1H3. The van der Waals surface area contributed by atoms with E-state index in [1.165, 1.54) is 0 Å². The molecule has 0 saturated heterocycles. The summed E-state index contributed by atoms with van der Waals surface area (Å²) in [7, 11) is 0. The van der Waals surface area contributed by atoms with Crippen LogP contribution in [0.15, 0.2) is 84.9 Å². The lowest BCUT2D eigenvalue weighted by Gasteiger charge is -2.27. The van der Waals surface area contributed by atoms with Crippen LogP contribution < -0.4 is 4.74 Å². The van der Waals surface area contributed by atoms with Crippen LogP contribution in [0.3, 0.4) is 0 Å². The molecule has 0 amide bonds. The Morgan fingerprint density at radius 1 is 0.852 bits per heavy atom. The molecule has 4 heteroatoms. The minimum Gasteiger partial charge on any atom is -0.490 e. The second-order valence-corrected chi connectivity index (χ2v) is 6.24. The molecule has 0 unspecified atom stereocenters. The summed E-state index contributed by atoms with van der Waals surface area (Å²) < 4.78 is 11.0. The Balaban J connectivity index is 1.70. The molecular formula is C23H22O4. The smallest absolute Gasteiger partial charge is 0.347 e. The number of hydrogen-bond acceptors (Lipinski definition) is 4. The van der Waals surface area contributed by atoms with E-state index in [9.17, 15) is 9.90 Å². The molecule has 3 aromatic rings. The second kappa shape index (κ2) is 8.52. The third-order valence-electron chi connectivity index (χ3n) is 4.25. The van der Waals surface area contributed by atoms with Gasteiger partial charge in [-0.1, -0.05) is 72.8 Å². The van der Waals surface area contributed by atoms with Crippen LogP contribution >= 0.6 is 0 Å². The number of carbonyl (C=O) groups is 1. The highest BCUT2D eigenvalue weighted by Gasteiger charge is 2.41.